The van der Waals surface area contributed by atoms with Crippen LogP contribution in [-0.4, -0.2) is 26.6 Å². The van der Waals surface area contributed by atoms with Gasteiger partial charge in [0.05, 0.1) is 16.5 Å². The van der Waals surface area contributed by atoms with Crippen LogP contribution in [-0.2, 0) is 5.54 Å². The highest BCUT2D eigenvalue weighted by atomic mass is 35.5. The number of nitrogens with zero attached hydrogens (tertiary/aromatic N) is 2. The number of carboxylic acid groups (broad SMARTS) is 1. The highest BCUT2D eigenvalue weighted by Crippen LogP contribution is 2.49. The van der Waals surface area contributed by atoms with Crippen LogP contribution in [0.5, 0.6) is 0 Å². The summed E-state index contributed by atoms with van der Waals surface area (Å²) in [6.07, 6.45) is 3.04. The molecule has 1 amide bonds. The summed E-state index contributed by atoms with van der Waals surface area (Å²) in [6.45, 7) is 5.76. The summed E-state index contributed by atoms with van der Waals surface area (Å²) in [7, 11) is 0. The Bertz CT molecular complexity index is 1500. The van der Waals surface area contributed by atoms with E-state index in [-0.39, 0.29) is 16.2 Å². The van der Waals surface area contributed by atoms with E-state index >= 15 is 0 Å². The van der Waals surface area contributed by atoms with Crippen molar-refractivity contribution in [3.05, 3.63) is 87.8 Å². The van der Waals surface area contributed by atoms with Gasteiger partial charge in [-0.3, -0.25) is 9.69 Å². The Kier molecular flexibility index (Phi) is 5.87. The molecule has 184 valence electrons. The van der Waals surface area contributed by atoms with Gasteiger partial charge in [-0.25, -0.2) is 9.78 Å². The van der Waals surface area contributed by atoms with Crippen LogP contribution < -0.4 is 5.43 Å². The number of carbonyl (C=O) groups is 1. The summed E-state index contributed by atoms with van der Waals surface area (Å²) in [4.78, 5) is 31.7. The van der Waals surface area contributed by atoms with Crippen LogP contribution in [0.15, 0.2) is 76.1 Å². The van der Waals surface area contributed by atoms with E-state index in [1.54, 1.807) is 11.0 Å². The molecule has 6 nitrogen and oxygen atoms in total. The zero-order chi connectivity index (χ0) is 25.7. The topological polar surface area (TPSA) is 83.6 Å². The van der Waals surface area contributed by atoms with Crippen molar-refractivity contribution < 1.29 is 14.3 Å². The number of pyridine rings is 1. The summed E-state index contributed by atoms with van der Waals surface area (Å²) in [5, 5.41) is 10.6. The molecule has 0 saturated heterocycles. The molecule has 4 aromatic rings. The number of amides is 1. The summed E-state index contributed by atoms with van der Waals surface area (Å²) >= 11 is 6.28. The second kappa shape index (κ2) is 8.79. The van der Waals surface area contributed by atoms with Crippen molar-refractivity contribution in [1.82, 2.24) is 9.88 Å². The van der Waals surface area contributed by atoms with Crippen LogP contribution in [0.3, 0.4) is 0 Å². The first-order chi connectivity index (χ1) is 17.1. The fraction of sp³-hybridized carbons (Fsp3) is 0.276. The highest BCUT2D eigenvalue weighted by molar-refractivity contribution is 6.33. The van der Waals surface area contributed by atoms with Crippen molar-refractivity contribution >= 4 is 28.7 Å². The SMILES string of the molecule is CC(C)(C)N(C(=O)O)C1(c2ccc(-c3c(-c4ccccc4)oc4c(Cl)nccc4c3=O)cc2)CCC1. The van der Waals surface area contributed by atoms with Crippen molar-refractivity contribution in [2.45, 2.75) is 51.1 Å². The van der Waals surface area contributed by atoms with Gasteiger partial charge < -0.3 is 9.52 Å². The molecule has 7 heteroatoms. The Balaban J connectivity index is 1.68. The summed E-state index contributed by atoms with van der Waals surface area (Å²) in [5.41, 5.74) is 1.69. The average molecular weight is 503 g/mol. The Hall–Kier alpha value is -3.64. The molecule has 1 aliphatic rings. The zero-order valence-electron chi connectivity index (χ0n) is 20.4. The van der Waals surface area contributed by atoms with Crippen molar-refractivity contribution in [2.24, 2.45) is 0 Å². The first-order valence-corrected chi connectivity index (χ1v) is 12.3. The van der Waals surface area contributed by atoms with Crippen molar-refractivity contribution in [3.8, 4) is 22.5 Å². The predicted octanol–water partition coefficient (Wildman–Crippen LogP) is 7.33. The van der Waals surface area contributed by atoms with Gasteiger partial charge >= 0.3 is 6.09 Å². The van der Waals surface area contributed by atoms with E-state index in [4.69, 9.17) is 16.0 Å². The van der Waals surface area contributed by atoms with Crippen molar-refractivity contribution in [2.75, 3.05) is 0 Å². The number of rotatable bonds is 4. The number of hydrogen-bond donors (Lipinski definition) is 1. The van der Waals surface area contributed by atoms with Gasteiger partial charge in [0, 0.05) is 17.3 Å². The maximum atomic E-state index is 13.7. The molecule has 1 aliphatic carbocycles. The standard InChI is InChI=1S/C29H27ClN2O4/c1-28(2,3)32(27(34)35)29(15-7-16-29)20-12-10-18(11-13-20)22-23(33)21-14-17-31-26(30)25(21)36-24(22)19-8-5-4-6-9-19/h4-6,8-14,17H,7,15-16H2,1-3H3,(H,34,35). The zero-order valence-corrected chi connectivity index (χ0v) is 21.2. The first-order valence-electron chi connectivity index (χ1n) is 11.9. The number of hydrogen-bond acceptors (Lipinski definition) is 4. The Labute approximate surface area is 214 Å². The maximum absolute atomic E-state index is 13.7. The fourth-order valence-corrected chi connectivity index (χ4v) is 5.55. The van der Waals surface area contributed by atoms with Gasteiger partial charge in [0.15, 0.2) is 10.7 Å². The maximum Gasteiger partial charge on any atom is 0.408 e. The van der Waals surface area contributed by atoms with E-state index in [1.165, 1.54) is 6.20 Å². The third-order valence-corrected chi connectivity index (χ3v) is 7.25. The van der Waals surface area contributed by atoms with E-state index in [0.717, 1.165) is 30.4 Å². The molecule has 0 radical (unpaired) electrons. The Morgan fingerprint density at radius 1 is 1.03 bits per heavy atom. The molecule has 2 aromatic carbocycles. The van der Waals surface area contributed by atoms with Gasteiger partial charge in [-0.1, -0.05) is 66.2 Å². The molecule has 0 unspecified atom stereocenters. The monoisotopic (exact) mass is 502 g/mol. The molecule has 0 spiro atoms. The molecular formula is C29H27ClN2O4. The lowest BCUT2D eigenvalue weighted by atomic mass is 9.69. The minimum atomic E-state index is -0.932. The van der Waals surface area contributed by atoms with Gasteiger partial charge in [0.2, 0.25) is 5.43 Å². The average Bonchev–Trinajstić information content (AvgIpc) is 2.81. The van der Waals surface area contributed by atoms with Gasteiger partial charge in [0.1, 0.15) is 5.76 Å². The van der Waals surface area contributed by atoms with Crippen LogP contribution in [0, 0.1) is 0 Å². The third kappa shape index (κ3) is 3.86. The minimum Gasteiger partial charge on any atom is -0.465 e. The van der Waals surface area contributed by atoms with Crippen LogP contribution in [0.25, 0.3) is 33.4 Å². The largest absolute Gasteiger partial charge is 0.465 e. The lowest BCUT2D eigenvalue weighted by Crippen LogP contribution is -2.60. The normalized spacial score (nSPS) is 14.9. The fourth-order valence-electron chi connectivity index (χ4n) is 5.36. The molecule has 1 fully saturated rings. The highest BCUT2D eigenvalue weighted by Gasteiger charge is 2.50. The van der Waals surface area contributed by atoms with Crippen LogP contribution in [0.1, 0.15) is 45.6 Å². The van der Waals surface area contributed by atoms with Gasteiger partial charge in [-0.2, -0.15) is 0 Å². The van der Waals surface area contributed by atoms with Crippen molar-refractivity contribution in [3.63, 3.8) is 0 Å². The quantitative estimate of drug-likeness (QED) is 0.295. The van der Waals surface area contributed by atoms with Crippen LogP contribution >= 0.6 is 11.6 Å². The smallest absolute Gasteiger partial charge is 0.408 e. The van der Waals surface area contributed by atoms with Gasteiger partial charge in [0.25, 0.3) is 0 Å². The minimum absolute atomic E-state index is 0.131. The van der Waals surface area contributed by atoms with Gasteiger partial charge in [-0.05, 0) is 57.2 Å². The number of aromatic nitrogens is 1. The predicted molar refractivity (Wildman–Crippen MR) is 141 cm³/mol. The van der Waals surface area contributed by atoms with E-state index in [1.807, 2.05) is 75.4 Å². The molecule has 2 aromatic heterocycles. The molecule has 0 aliphatic heterocycles. The second-order valence-corrected chi connectivity index (χ2v) is 10.6. The number of fused-ring (bicyclic) bond motifs is 1. The van der Waals surface area contributed by atoms with Gasteiger partial charge in [-0.15, -0.1) is 0 Å². The lowest BCUT2D eigenvalue weighted by Gasteiger charge is -2.54. The molecule has 1 N–H and O–H groups in total. The van der Waals surface area contributed by atoms with Crippen molar-refractivity contribution in [1.29, 1.82) is 0 Å². The van der Waals surface area contributed by atoms with Crippen LogP contribution in [0.2, 0.25) is 5.15 Å². The molecule has 0 atom stereocenters. The lowest BCUT2D eigenvalue weighted by molar-refractivity contribution is -0.0327. The molecule has 36 heavy (non-hydrogen) atoms. The molecule has 1 saturated carbocycles. The molecule has 0 bridgehead atoms. The number of benzene rings is 2. The van der Waals surface area contributed by atoms with Crippen LogP contribution in [0.4, 0.5) is 4.79 Å². The summed E-state index contributed by atoms with van der Waals surface area (Å²) < 4.78 is 6.21. The first kappa shape index (κ1) is 24.1. The van der Waals surface area contributed by atoms with E-state index in [9.17, 15) is 14.7 Å². The third-order valence-electron chi connectivity index (χ3n) is 6.98. The molecule has 5 rings (SSSR count). The number of halogens is 1. The Morgan fingerprint density at radius 2 is 1.69 bits per heavy atom. The van der Waals surface area contributed by atoms with E-state index in [0.29, 0.717) is 22.3 Å². The molecule has 2 heterocycles. The molecular weight excluding hydrogens is 476 g/mol. The summed E-state index contributed by atoms with van der Waals surface area (Å²) in [5.74, 6) is 0.413. The summed E-state index contributed by atoms with van der Waals surface area (Å²) in [6, 6.07) is 18.7. The van der Waals surface area contributed by atoms with E-state index < -0.39 is 17.2 Å². The van der Waals surface area contributed by atoms with E-state index in [2.05, 4.69) is 4.98 Å². The Morgan fingerprint density at radius 3 is 2.25 bits per heavy atom. The second-order valence-electron chi connectivity index (χ2n) is 10.2.